The van der Waals surface area contributed by atoms with Crippen LogP contribution in [0.1, 0.15) is 0 Å². The van der Waals surface area contributed by atoms with Crippen LogP contribution in [-0.4, -0.2) is 19.2 Å². The second kappa shape index (κ2) is 6.62. The predicted octanol–water partition coefficient (Wildman–Crippen LogP) is 5.65. The molecule has 3 aromatic heterocycles. The van der Waals surface area contributed by atoms with Gasteiger partial charge in [-0.3, -0.25) is 4.40 Å². The summed E-state index contributed by atoms with van der Waals surface area (Å²) in [4.78, 5) is 4.46. The van der Waals surface area contributed by atoms with Gasteiger partial charge in [0.25, 0.3) is 0 Å². The van der Waals surface area contributed by atoms with Crippen molar-refractivity contribution in [1.82, 2.24) is 19.2 Å². The van der Waals surface area contributed by atoms with E-state index in [0.717, 1.165) is 33.8 Å². The standard InChI is InChI=1S/C22H14ClFN4/c23-17-4-8-19(9-5-17)28-20(11-12-26-28)16-3-10-22-25-13-21(27(22)14-16)15-1-6-18(24)7-2-15/h1-14H. The molecular weight excluding hydrogens is 375 g/mol. The molecule has 0 saturated carbocycles. The highest BCUT2D eigenvalue weighted by atomic mass is 35.5. The Morgan fingerprint density at radius 2 is 1.54 bits per heavy atom. The number of pyridine rings is 1. The summed E-state index contributed by atoms with van der Waals surface area (Å²) in [5.74, 6) is -0.259. The van der Waals surface area contributed by atoms with Gasteiger partial charge in [-0.15, -0.1) is 0 Å². The third-order valence-electron chi connectivity index (χ3n) is 4.66. The van der Waals surface area contributed by atoms with Gasteiger partial charge in [-0.2, -0.15) is 5.10 Å². The molecule has 6 heteroatoms. The fourth-order valence-electron chi connectivity index (χ4n) is 3.28. The minimum Gasteiger partial charge on any atom is -0.299 e. The lowest BCUT2D eigenvalue weighted by atomic mass is 10.1. The first kappa shape index (κ1) is 16.7. The Kier molecular flexibility index (Phi) is 3.95. The van der Waals surface area contributed by atoms with Gasteiger partial charge in [0, 0.05) is 22.3 Å². The van der Waals surface area contributed by atoms with Crippen LogP contribution in [0.5, 0.6) is 0 Å². The summed E-state index contributed by atoms with van der Waals surface area (Å²) in [7, 11) is 0. The molecule has 2 aromatic carbocycles. The van der Waals surface area contributed by atoms with E-state index in [1.807, 2.05) is 57.7 Å². The minimum atomic E-state index is -0.259. The van der Waals surface area contributed by atoms with Gasteiger partial charge in [-0.05, 0) is 66.7 Å². The molecule has 0 bridgehead atoms. The average Bonchev–Trinajstić information content (AvgIpc) is 3.36. The minimum absolute atomic E-state index is 0.259. The van der Waals surface area contributed by atoms with Crippen molar-refractivity contribution in [3.63, 3.8) is 0 Å². The molecule has 0 aliphatic heterocycles. The number of hydrogen-bond donors (Lipinski definition) is 0. The van der Waals surface area contributed by atoms with E-state index < -0.39 is 0 Å². The lowest BCUT2D eigenvalue weighted by Crippen LogP contribution is -1.99. The van der Waals surface area contributed by atoms with Crippen LogP contribution in [0.3, 0.4) is 0 Å². The summed E-state index contributed by atoms with van der Waals surface area (Å²) >= 11 is 6.00. The van der Waals surface area contributed by atoms with Crippen LogP contribution in [-0.2, 0) is 0 Å². The number of aromatic nitrogens is 4. The smallest absolute Gasteiger partial charge is 0.137 e. The molecule has 0 aliphatic rings. The zero-order chi connectivity index (χ0) is 19.1. The molecule has 0 saturated heterocycles. The van der Waals surface area contributed by atoms with Gasteiger partial charge < -0.3 is 0 Å². The van der Waals surface area contributed by atoms with Gasteiger partial charge in [0.15, 0.2) is 0 Å². The van der Waals surface area contributed by atoms with Gasteiger partial charge in [-0.25, -0.2) is 14.1 Å². The molecule has 0 N–H and O–H groups in total. The van der Waals surface area contributed by atoms with Crippen molar-refractivity contribution in [2.45, 2.75) is 0 Å². The third kappa shape index (κ3) is 2.86. The number of fused-ring (bicyclic) bond motifs is 1. The Morgan fingerprint density at radius 3 is 2.32 bits per heavy atom. The molecule has 5 aromatic rings. The highest BCUT2D eigenvalue weighted by Gasteiger charge is 2.11. The van der Waals surface area contributed by atoms with Crippen LogP contribution in [0, 0.1) is 5.82 Å². The Morgan fingerprint density at radius 1 is 0.786 bits per heavy atom. The van der Waals surface area contributed by atoms with Crippen LogP contribution in [0.2, 0.25) is 5.02 Å². The van der Waals surface area contributed by atoms with E-state index in [2.05, 4.69) is 10.1 Å². The Balaban J connectivity index is 1.63. The summed E-state index contributed by atoms with van der Waals surface area (Å²) < 4.78 is 17.2. The van der Waals surface area contributed by atoms with Crippen molar-refractivity contribution < 1.29 is 4.39 Å². The van der Waals surface area contributed by atoms with Gasteiger partial charge in [-0.1, -0.05) is 11.6 Å². The molecule has 28 heavy (non-hydrogen) atoms. The van der Waals surface area contributed by atoms with E-state index in [9.17, 15) is 4.39 Å². The normalized spacial score (nSPS) is 11.2. The number of nitrogens with zero attached hydrogens (tertiary/aromatic N) is 4. The molecule has 0 unspecified atom stereocenters. The number of rotatable bonds is 3. The molecule has 0 spiro atoms. The van der Waals surface area contributed by atoms with Crippen molar-refractivity contribution in [2.24, 2.45) is 0 Å². The topological polar surface area (TPSA) is 35.1 Å². The Labute approximate surface area is 165 Å². The molecule has 0 amide bonds. The van der Waals surface area contributed by atoms with Crippen LogP contribution >= 0.6 is 11.6 Å². The van der Waals surface area contributed by atoms with Crippen LogP contribution in [0.25, 0.3) is 33.8 Å². The van der Waals surface area contributed by atoms with Gasteiger partial charge >= 0.3 is 0 Å². The first-order valence-electron chi connectivity index (χ1n) is 8.72. The first-order chi connectivity index (χ1) is 13.7. The first-order valence-corrected chi connectivity index (χ1v) is 9.10. The quantitative estimate of drug-likeness (QED) is 0.400. The molecule has 4 nitrogen and oxygen atoms in total. The summed E-state index contributed by atoms with van der Waals surface area (Å²) in [6, 6.07) is 19.9. The van der Waals surface area contributed by atoms with Crippen LogP contribution in [0.4, 0.5) is 4.39 Å². The maximum Gasteiger partial charge on any atom is 0.137 e. The SMILES string of the molecule is Fc1ccc(-c2cnc3ccc(-c4ccnn4-c4ccc(Cl)cc4)cn23)cc1. The van der Waals surface area contributed by atoms with Gasteiger partial charge in [0.2, 0.25) is 0 Å². The maximum absolute atomic E-state index is 13.3. The lowest BCUT2D eigenvalue weighted by molar-refractivity contribution is 0.628. The van der Waals surface area contributed by atoms with E-state index >= 15 is 0 Å². The number of hydrogen-bond acceptors (Lipinski definition) is 2. The fraction of sp³-hybridized carbons (Fsp3) is 0. The summed E-state index contributed by atoms with van der Waals surface area (Å²) in [6.45, 7) is 0. The summed E-state index contributed by atoms with van der Waals surface area (Å²) in [5, 5.41) is 5.14. The molecular formula is C22H14ClFN4. The highest BCUT2D eigenvalue weighted by Crippen LogP contribution is 2.27. The molecule has 0 fully saturated rings. The Bertz CT molecular complexity index is 1270. The monoisotopic (exact) mass is 388 g/mol. The molecule has 3 heterocycles. The molecule has 136 valence electrons. The van der Waals surface area contributed by atoms with E-state index in [-0.39, 0.29) is 5.82 Å². The zero-order valence-corrected chi connectivity index (χ0v) is 15.4. The van der Waals surface area contributed by atoms with E-state index in [4.69, 9.17) is 11.6 Å². The van der Waals surface area contributed by atoms with Crippen molar-refractivity contribution in [3.8, 4) is 28.2 Å². The summed E-state index contributed by atoms with van der Waals surface area (Å²) in [5.41, 5.74) is 5.48. The average molecular weight is 389 g/mol. The van der Waals surface area contributed by atoms with E-state index in [1.54, 1.807) is 24.5 Å². The molecule has 0 atom stereocenters. The van der Waals surface area contributed by atoms with Crippen molar-refractivity contribution in [2.75, 3.05) is 0 Å². The molecule has 0 radical (unpaired) electrons. The van der Waals surface area contributed by atoms with Crippen molar-refractivity contribution in [1.29, 1.82) is 0 Å². The number of benzene rings is 2. The zero-order valence-electron chi connectivity index (χ0n) is 14.6. The lowest BCUT2D eigenvalue weighted by Gasteiger charge is -2.09. The maximum atomic E-state index is 13.3. The Hall–Kier alpha value is -3.44. The van der Waals surface area contributed by atoms with Crippen molar-refractivity contribution >= 4 is 17.2 Å². The highest BCUT2D eigenvalue weighted by molar-refractivity contribution is 6.30. The van der Waals surface area contributed by atoms with Crippen molar-refractivity contribution in [3.05, 3.63) is 96.2 Å². The number of halogens is 2. The number of imidazole rings is 1. The van der Waals surface area contributed by atoms with Gasteiger partial charge in [0.1, 0.15) is 11.5 Å². The van der Waals surface area contributed by atoms with E-state index in [0.29, 0.717) is 5.02 Å². The fourth-order valence-corrected chi connectivity index (χ4v) is 3.40. The third-order valence-corrected chi connectivity index (χ3v) is 4.91. The second-order valence-electron chi connectivity index (χ2n) is 6.40. The molecule has 5 rings (SSSR count). The second-order valence-corrected chi connectivity index (χ2v) is 6.84. The van der Waals surface area contributed by atoms with Gasteiger partial charge in [0.05, 0.1) is 29.5 Å². The van der Waals surface area contributed by atoms with Crippen LogP contribution in [0.15, 0.2) is 85.3 Å². The largest absolute Gasteiger partial charge is 0.299 e. The predicted molar refractivity (Wildman–Crippen MR) is 108 cm³/mol. The van der Waals surface area contributed by atoms with Crippen LogP contribution < -0.4 is 0 Å². The van der Waals surface area contributed by atoms with E-state index in [1.165, 1.54) is 12.1 Å². The molecule has 0 aliphatic carbocycles. The summed E-state index contributed by atoms with van der Waals surface area (Å²) in [6.07, 6.45) is 5.58.